The SMILES string of the molecule is COc1ccc(CN2C(=O)CCc3c(C)nc(C4CCCN(C(=O)CO)C4)nc32)cc1. The molecule has 2 aliphatic heterocycles. The zero-order valence-electron chi connectivity index (χ0n) is 18.0. The largest absolute Gasteiger partial charge is 0.497 e. The van der Waals surface area contributed by atoms with E-state index in [2.05, 4.69) is 0 Å². The maximum absolute atomic E-state index is 12.8. The molecule has 8 nitrogen and oxygen atoms in total. The van der Waals surface area contributed by atoms with Crippen molar-refractivity contribution in [2.24, 2.45) is 0 Å². The first kappa shape index (κ1) is 21.2. The molecule has 2 aliphatic rings. The molecule has 0 bridgehead atoms. The van der Waals surface area contributed by atoms with Crippen LogP contribution in [0.15, 0.2) is 24.3 Å². The monoisotopic (exact) mass is 424 g/mol. The van der Waals surface area contributed by atoms with Gasteiger partial charge in [0.15, 0.2) is 0 Å². The molecule has 1 saturated heterocycles. The number of aliphatic hydroxyl groups excluding tert-OH is 1. The predicted molar refractivity (Wildman–Crippen MR) is 115 cm³/mol. The van der Waals surface area contributed by atoms with Crippen LogP contribution < -0.4 is 9.64 Å². The maximum atomic E-state index is 12.8. The van der Waals surface area contributed by atoms with Crippen LogP contribution in [0, 0.1) is 6.92 Å². The maximum Gasteiger partial charge on any atom is 0.248 e. The van der Waals surface area contributed by atoms with Crippen molar-refractivity contribution in [3.8, 4) is 5.75 Å². The number of carbonyl (C=O) groups excluding carboxylic acids is 2. The van der Waals surface area contributed by atoms with Crippen LogP contribution >= 0.6 is 0 Å². The Morgan fingerprint density at radius 1 is 1.23 bits per heavy atom. The van der Waals surface area contributed by atoms with E-state index in [1.165, 1.54) is 0 Å². The number of piperidine rings is 1. The number of fused-ring (bicyclic) bond motifs is 1. The molecule has 0 spiro atoms. The van der Waals surface area contributed by atoms with Crippen molar-refractivity contribution in [2.75, 3.05) is 31.7 Å². The summed E-state index contributed by atoms with van der Waals surface area (Å²) in [6.45, 7) is 3.04. The minimum Gasteiger partial charge on any atom is -0.497 e. The molecular weight excluding hydrogens is 396 g/mol. The standard InChI is InChI=1S/C23H28N4O4/c1-15-19-9-10-20(29)27(12-16-5-7-18(31-2)8-6-16)23(19)25-22(24-15)17-4-3-11-26(13-17)21(30)14-28/h5-8,17,28H,3-4,9-14H2,1-2H3. The first-order chi connectivity index (χ1) is 15.0. The first-order valence-electron chi connectivity index (χ1n) is 10.7. The molecule has 0 saturated carbocycles. The molecule has 1 N–H and O–H groups in total. The molecule has 1 fully saturated rings. The highest BCUT2D eigenvalue weighted by Gasteiger charge is 2.31. The summed E-state index contributed by atoms with van der Waals surface area (Å²) in [5, 5.41) is 9.21. The number of ether oxygens (including phenoxy) is 1. The fourth-order valence-electron chi connectivity index (χ4n) is 4.38. The average molecular weight is 425 g/mol. The fraction of sp³-hybridized carbons (Fsp3) is 0.478. The number of aliphatic hydroxyl groups is 1. The summed E-state index contributed by atoms with van der Waals surface area (Å²) in [5.74, 6) is 1.90. The summed E-state index contributed by atoms with van der Waals surface area (Å²) < 4.78 is 5.22. The Morgan fingerprint density at radius 2 is 2.00 bits per heavy atom. The highest BCUT2D eigenvalue weighted by molar-refractivity contribution is 5.95. The van der Waals surface area contributed by atoms with Crippen LogP contribution in [0.4, 0.5) is 5.82 Å². The summed E-state index contributed by atoms with van der Waals surface area (Å²) >= 11 is 0. The summed E-state index contributed by atoms with van der Waals surface area (Å²) in [7, 11) is 1.63. The smallest absolute Gasteiger partial charge is 0.248 e. The molecule has 4 rings (SSSR count). The van der Waals surface area contributed by atoms with E-state index < -0.39 is 6.61 Å². The van der Waals surface area contributed by atoms with Gasteiger partial charge in [-0.25, -0.2) is 9.97 Å². The Hall–Kier alpha value is -3.00. The second-order valence-electron chi connectivity index (χ2n) is 8.13. The molecule has 1 unspecified atom stereocenters. The second kappa shape index (κ2) is 9.01. The molecular formula is C23H28N4O4. The number of rotatable bonds is 5. The van der Waals surface area contributed by atoms with Gasteiger partial charge in [-0.2, -0.15) is 0 Å². The predicted octanol–water partition coefficient (Wildman–Crippen LogP) is 1.97. The Balaban J connectivity index is 1.64. The Labute approximate surface area is 181 Å². The summed E-state index contributed by atoms with van der Waals surface area (Å²) in [5.41, 5.74) is 2.89. The highest BCUT2D eigenvalue weighted by atomic mass is 16.5. The highest BCUT2D eigenvalue weighted by Crippen LogP contribution is 2.33. The Kier molecular flexibility index (Phi) is 6.18. The third kappa shape index (κ3) is 4.39. The molecule has 1 aromatic carbocycles. The van der Waals surface area contributed by atoms with Crippen molar-refractivity contribution in [3.63, 3.8) is 0 Å². The number of carbonyl (C=O) groups is 2. The van der Waals surface area contributed by atoms with Crippen LogP contribution in [0.1, 0.15) is 47.8 Å². The van der Waals surface area contributed by atoms with Crippen molar-refractivity contribution in [1.82, 2.24) is 14.9 Å². The van der Waals surface area contributed by atoms with Gasteiger partial charge in [0, 0.05) is 36.7 Å². The van der Waals surface area contributed by atoms with Gasteiger partial charge in [-0.3, -0.25) is 14.5 Å². The number of hydrogen-bond acceptors (Lipinski definition) is 6. The van der Waals surface area contributed by atoms with Gasteiger partial charge >= 0.3 is 0 Å². The molecule has 8 heteroatoms. The van der Waals surface area contributed by atoms with Crippen molar-refractivity contribution in [2.45, 2.75) is 45.1 Å². The average Bonchev–Trinajstić information content (AvgIpc) is 2.80. The molecule has 1 aromatic heterocycles. The quantitative estimate of drug-likeness (QED) is 0.789. The topological polar surface area (TPSA) is 95.9 Å². The number of anilines is 1. The summed E-state index contributed by atoms with van der Waals surface area (Å²) in [6.07, 6.45) is 2.79. The number of methoxy groups -OCH3 is 1. The van der Waals surface area contributed by atoms with E-state index in [9.17, 15) is 14.7 Å². The molecule has 2 aromatic rings. The Bertz CT molecular complexity index is 976. The zero-order valence-corrected chi connectivity index (χ0v) is 18.0. The van der Waals surface area contributed by atoms with E-state index >= 15 is 0 Å². The second-order valence-corrected chi connectivity index (χ2v) is 8.13. The molecule has 31 heavy (non-hydrogen) atoms. The van der Waals surface area contributed by atoms with E-state index in [4.69, 9.17) is 14.7 Å². The van der Waals surface area contributed by atoms with Crippen LogP contribution in [0.25, 0.3) is 0 Å². The van der Waals surface area contributed by atoms with Crippen molar-refractivity contribution in [3.05, 3.63) is 46.9 Å². The third-order valence-electron chi connectivity index (χ3n) is 6.13. The lowest BCUT2D eigenvalue weighted by Crippen LogP contribution is -2.41. The molecule has 0 radical (unpaired) electrons. The number of benzene rings is 1. The van der Waals surface area contributed by atoms with Crippen molar-refractivity contribution >= 4 is 17.6 Å². The third-order valence-corrected chi connectivity index (χ3v) is 6.13. The van der Waals surface area contributed by atoms with Crippen LogP contribution in [-0.4, -0.2) is 58.6 Å². The lowest BCUT2D eigenvalue weighted by Gasteiger charge is -2.33. The molecule has 1 atom stereocenters. The van der Waals surface area contributed by atoms with Crippen LogP contribution in [-0.2, 0) is 22.6 Å². The van der Waals surface area contributed by atoms with E-state index in [-0.39, 0.29) is 17.7 Å². The number of aromatic nitrogens is 2. The van der Waals surface area contributed by atoms with E-state index in [0.717, 1.165) is 35.4 Å². The van der Waals surface area contributed by atoms with Crippen molar-refractivity contribution in [1.29, 1.82) is 0 Å². The molecule has 3 heterocycles. The number of likely N-dealkylation sites (tertiary alicyclic amines) is 1. The number of amides is 2. The lowest BCUT2D eigenvalue weighted by atomic mass is 9.95. The lowest BCUT2D eigenvalue weighted by molar-refractivity contribution is -0.135. The van der Waals surface area contributed by atoms with Crippen LogP contribution in [0.2, 0.25) is 0 Å². The normalized spacial score (nSPS) is 18.7. The number of hydrogen-bond donors (Lipinski definition) is 1. The first-order valence-corrected chi connectivity index (χ1v) is 10.7. The fourth-order valence-corrected chi connectivity index (χ4v) is 4.38. The van der Waals surface area contributed by atoms with Gasteiger partial charge < -0.3 is 14.7 Å². The van der Waals surface area contributed by atoms with Gasteiger partial charge in [-0.05, 0) is 43.9 Å². The van der Waals surface area contributed by atoms with Gasteiger partial charge in [0.25, 0.3) is 0 Å². The Morgan fingerprint density at radius 3 is 2.71 bits per heavy atom. The van der Waals surface area contributed by atoms with Gasteiger partial charge in [0.2, 0.25) is 11.8 Å². The van der Waals surface area contributed by atoms with E-state index in [1.807, 2.05) is 31.2 Å². The van der Waals surface area contributed by atoms with Crippen molar-refractivity contribution < 1.29 is 19.4 Å². The molecule has 0 aliphatic carbocycles. The van der Waals surface area contributed by atoms with Gasteiger partial charge in [-0.1, -0.05) is 12.1 Å². The zero-order chi connectivity index (χ0) is 22.0. The number of aryl methyl sites for hydroxylation is 1. The van der Waals surface area contributed by atoms with Crippen LogP contribution in [0.5, 0.6) is 5.75 Å². The minimum absolute atomic E-state index is 0.00637. The molecule has 164 valence electrons. The molecule has 2 amide bonds. The van der Waals surface area contributed by atoms with E-state index in [0.29, 0.717) is 44.1 Å². The van der Waals surface area contributed by atoms with Crippen LogP contribution in [0.3, 0.4) is 0 Å². The van der Waals surface area contributed by atoms with Gasteiger partial charge in [0.05, 0.1) is 13.7 Å². The number of nitrogens with zero attached hydrogens (tertiary/aromatic N) is 4. The summed E-state index contributed by atoms with van der Waals surface area (Å²) in [4.78, 5) is 37.8. The van der Waals surface area contributed by atoms with Gasteiger partial charge in [-0.15, -0.1) is 0 Å². The van der Waals surface area contributed by atoms with E-state index in [1.54, 1.807) is 16.9 Å². The summed E-state index contributed by atoms with van der Waals surface area (Å²) in [6, 6.07) is 7.68. The van der Waals surface area contributed by atoms with Gasteiger partial charge in [0.1, 0.15) is 24.0 Å². The minimum atomic E-state index is -0.485.